The Bertz CT molecular complexity index is 281. The molecule has 4 nitrogen and oxygen atoms in total. The maximum absolute atomic E-state index is 12.3. The minimum Gasteiger partial charge on any atom is -0.342 e. The highest BCUT2D eigenvalue weighted by Crippen LogP contribution is 2.20. The van der Waals surface area contributed by atoms with Crippen LogP contribution in [0.5, 0.6) is 0 Å². The van der Waals surface area contributed by atoms with E-state index in [9.17, 15) is 4.79 Å². The Labute approximate surface area is 117 Å². The average Bonchev–Trinajstić information content (AvgIpc) is 2.48. The predicted octanol–water partition coefficient (Wildman–Crippen LogP) is 1.32. The van der Waals surface area contributed by atoms with Gasteiger partial charge in [0.1, 0.15) is 0 Å². The van der Waals surface area contributed by atoms with Crippen molar-refractivity contribution in [1.82, 2.24) is 15.1 Å². The van der Waals surface area contributed by atoms with Crippen LogP contribution in [-0.2, 0) is 4.79 Å². The minimum absolute atomic E-state index is 0.307. The first-order valence-electron chi connectivity index (χ1n) is 7.89. The molecule has 110 valence electrons. The van der Waals surface area contributed by atoms with Crippen LogP contribution in [0.3, 0.4) is 0 Å². The van der Waals surface area contributed by atoms with E-state index in [0.29, 0.717) is 18.5 Å². The topological polar surface area (TPSA) is 35.6 Å². The number of hydrogen-bond donors (Lipinski definition) is 1. The molecular weight excluding hydrogens is 238 g/mol. The first-order chi connectivity index (χ1) is 9.20. The van der Waals surface area contributed by atoms with Gasteiger partial charge in [-0.3, -0.25) is 9.69 Å². The Balaban J connectivity index is 1.74. The highest BCUT2D eigenvalue weighted by atomic mass is 16.2. The summed E-state index contributed by atoms with van der Waals surface area (Å²) >= 11 is 0. The number of hydrogen-bond acceptors (Lipinski definition) is 3. The van der Waals surface area contributed by atoms with E-state index in [2.05, 4.69) is 17.1 Å². The van der Waals surface area contributed by atoms with Crippen LogP contribution in [0.2, 0.25) is 0 Å². The zero-order valence-corrected chi connectivity index (χ0v) is 12.5. The lowest BCUT2D eigenvalue weighted by atomic mass is 9.94. The molecule has 2 heterocycles. The summed E-state index contributed by atoms with van der Waals surface area (Å²) in [7, 11) is 1.98. The molecule has 2 saturated heterocycles. The largest absolute Gasteiger partial charge is 0.342 e. The summed E-state index contributed by atoms with van der Waals surface area (Å²) in [6.45, 7) is 7.19. The Morgan fingerprint density at radius 1 is 1.21 bits per heavy atom. The summed E-state index contributed by atoms with van der Waals surface area (Å²) in [6.07, 6.45) is 6.01. The third-order valence-corrected chi connectivity index (χ3v) is 4.89. The van der Waals surface area contributed by atoms with Gasteiger partial charge in [-0.25, -0.2) is 0 Å². The van der Waals surface area contributed by atoms with Crippen molar-refractivity contribution in [2.75, 3.05) is 39.8 Å². The lowest BCUT2D eigenvalue weighted by Gasteiger charge is -2.35. The maximum Gasteiger partial charge on any atom is 0.236 e. The standard InChI is InChI=1S/C15H29N3O/c1-3-13-6-10-18(11-7-13)12-15(19)17(2)14-4-8-16-9-5-14/h13-14,16H,3-12H2,1-2H3. The van der Waals surface area contributed by atoms with Crippen LogP contribution < -0.4 is 5.32 Å². The molecule has 1 N–H and O–H groups in total. The summed E-state index contributed by atoms with van der Waals surface area (Å²) in [5, 5.41) is 3.35. The average molecular weight is 267 g/mol. The molecule has 0 bridgehead atoms. The van der Waals surface area contributed by atoms with Crippen molar-refractivity contribution >= 4 is 5.91 Å². The van der Waals surface area contributed by atoms with Crippen molar-refractivity contribution < 1.29 is 4.79 Å². The van der Waals surface area contributed by atoms with E-state index in [-0.39, 0.29) is 0 Å². The van der Waals surface area contributed by atoms with E-state index in [4.69, 9.17) is 0 Å². The maximum atomic E-state index is 12.3. The quantitative estimate of drug-likeness (QED) is 0.834. The third-order valence-electron chi connectivity index (χ3n) is 4.89. The molecule has 19 heavy (non-hydrogen) atoms. The Hall–Kier alpha value is -0.610. The number of likely N-dealkylation sites (N-methyl/N-ethyl adjacent to an activating group) is 1. The molecule has 0 saturated carbocycles. The summed E-state index contributed by atoms with van der Waals surface area (Å²) in [5.74, 6) is 1.19. The van der Waals surface area contributed by atoms with Crippen molar-refractivity contribution in [3.8, 4) is 0 Å². The number of nitrogens with one attached hydrogen (secondary N) is 1. The fraction of sp³-hybridized carbons (Fsp3) is 0.933. The normalized spacial score (nSPS) is 23.5. The van der Waals surface area contributed by atoms with Crippen molar-refractivity contribution in [3.63, 3.8) is 0 Å². The van der Waals surface area contributed by atoms with E-state index < -0.39 is 0 Å². The molecule has 0 unspecified atom stereocenters. The van der Waals surface area contributed by atoms with Crippen LogP contribution in [0.25, 0.3) is 0 Å². The van der Waals surface area contributed by atoms with E-state index in [1.807, 2.05) is 11.9 Å². The summed E-state index contributed by atoms with van der Waals surface area (Å²) in [4.78, 5) is 16.7. The van der Waals surface area contributed by atoms with E-state index in [0.717, 1.165) is 44.9 Å². The monoisotopic (exact) mass is 267 g/mol. The van der Waals surface area contributed by atoms with Gasteiger partial charge in [0.2, 0.25) is 5.91 Å². The van der Waals surface area contributed by atoms with Crippen molar-refractivity contribution in [3.05, 3.63) is 0 Å². The zero-order valence-electron chi connectivity index (χ0n) is 12.5. The van der Waals surface area contributed by atoms with Crippen molar-refractivity contribution in [1.29, 1.82) is 0 Å². The fourth-order valence-electron chi connectivity index (χ4n) is 3.25. The highest BCUT2D eigenvalue weighted by Gasteiger charge is 2.25. The van der Waals surface area contributed by atoms with E-state index in [1.165, 1.54) is 19.3 Å². The molecule has 0 aromatic heterocycles. The number of carbonyl (C=O) groups excluding carboxylic acids is 1. The molecule has 0 radical (unpaired) electrons. The second-order valence-corrected chi connectivity index (χ2v) is 6.11. The van der Waals surface area contributed by atoms with Crippen LogP contribution in [0, 0.1) is 5.92 Å². The second kappa shape index (κ2) is 7.25. The van der Waals surface area contributed by atoms with Gasteiger partial charge in [-0.2, -0.15) is 0 Å². The third kappa shape index (κ3) is 4.18. The lowest BCUT2D eigenvalue weighted by Crippen LogP contribution is -2.48. The Morgan fingerprint density at radius 2 is 1.84 bits per heavy atom. The number of carbonyl (C=O) groups is 1. The molecule has 1 amide bonds. The molecule has 2 aliphatic heterocycles. The molecule has 0 spiro atoms. The Morgan fingerprint density at radius 3 is 2.42 bits per heavy atom. The van der Waals surface area contributed by atoms with Crippen molar-refractivity contribution in [2.45, 2.75) is 45.1 Å². The van der Waals surface area contributed by atoms with Crippen molar-refractivity contribution in [2.24, 2.45) is 5.92 Å². The van der Waals surface area contributed by atoms with Crippen LogP contribution in [0.4, 0.5) is 0 Å². The lowest BCUT2D eigenvalue weighted by molar-refractivity contribution is -0.134. The molecule has 4 heteroatoms. The number of amides is 1. The summed E-state index contributed by atoms with van der Waals surface area (Å²) < 4.78 is 0. The predicted molar refractivity (Wildman–Crippen MR) is 78.1 cm³/mol. The molecule has 0 atom stereocenters. The highest BCUT2D eigenvalue weighted by molar-refractivity contribution is 5.78. The SMILES string of the molecule is CCC1CCN(CC(=O)N(C)C2CCNCC2)CC1. The fourth-order valence-corrected chi connectivity index (χ4v) is 3.25. The van der Waals surface area contributed by atoms with Gasteiger partial charge in [0.25, 0.3) is 0 Å². The van der Waals surface area contributed by atoms with Gasteiger partial charge >= 0.3 is 0 Å². The van der Waals surface area contributed by atoms with Gasteiger partial charge in [-0.1, -0.05) is 13.3 Å². The van der Waals surface area contributed by atoms with Crippen LogP contribution in [-0.4, -0.2) is 61.5 Å². The Kier molecular flexibility index (Phi) is 5.64. The molecule has 2 fully saturated rings. The van der Waals surface area contributed by atoms with Gasteiger partial charge in [-0.05, 0) is 57.8 Å². The van der Waals surface area contributed by atoms with Gasteiger partial charge in [0, 0.05) is 13.1 Å². The second-order valence-electron chi connectivity index (χ2n) is 6.11. The molecule has 0 aromatic rings. The first-order valence-corrected chi connectivity index (χ1v) is 7.89. The van der Waals surface area contributed by atoms with Crippen LogP contribution in [0.1, 0.15) is 39.0 Å². The van der Waals surface area contributed by atoms with Gasteiger partial charge in [0.05, 0.1) is 6.54 Å². The number of nitrogens with zero attached hydrogens (tertiary/aromatic N) is 2. The first kappa shape index (κ1) is 14.8. The summed E-state index contributed by atoms with van der Waals surface area (Å²) in [5.41, 5.74) is 0. The zero-order chi connectivity index (χ0) is 13.7. The number of piperidine rings is 2. The van der Waals surface area contributed by atoms with E-state index >= 15 is 0 Å². The molecular formula is C15H29N3O. The molecule has 0 aromatic carbocycles. The molecule has 0 aliphatic carbocycles. The van der Waals surface area contributed by atoms with Gasteiger partial charge in [-0.15, -0.1) is 0 Å². The number of rotatable bonds is 4. The smallest absolute Gasteiger partial charge is 0.236 e. The van der Waals surface area contributed by atoms with Crippen LogP contribution >= 0.6 is 0 Å². The molecule has 2 rings (SSSR count). The minimum atomic E-state index is 0.307. The summed E-state index contributed by atoms with van der Waals surface area (Å²) in [6, 6.07) is 0.446. The van der Waals surface area contributed by atoms with Crippen LogP contribution in [0.15, 0.2) is 0 Å². The van der Waals surface area contributed by atoms with E-state index in [1.54, 1.807) is 0 Å². The van der Waals surface area contributed by atoms with Gasteiger partial charge < -0.3 is 10.2 Å². The number of likely N-dealkylation sites (tertiary alicyclic amines) is 1. The molecule has 2 aliphatic rings. The van der Waals surface area contributed by atoms with Gasteiger partial charge in [0.15, 0.2) is 0 Å².